The first kappa shape index (κ1) is 14.0. The van der Waals surface area contributed by atoms with E-state index in [9.17, 15) is 5.11 Å². The van der Waals surface area contributed by atoms with Crippen molar-refractivity contribution >= 4 is 11.8 Å². The summed E-state index contributed by atoms with van der Waals surface area (Å²) in [6, 6.07) is 16.1. The van der Waals surface area contributed by atoms with Gasteiger partial charge in [0.15, 0.2) is 0 Å². The van der Waals surface area contributed by atoms with Crippen molar-refractivity contribution < 1.29 is 9.84 Å². The summed E-state index contributed by atoms with van der Waals surface area (Å²) in [5.74, 6) is 0.866. The van der Waals surface area contributed by atoms with Crippen molar-refractivity contribution in [3.05, 3.63) is 54.1 Å². The molecule has 2 aromatic rings. The average molecular weight is 274 g/mol. The number of benzene rings is 2. The molecule has 0 saturated heterocycles. The minimum atomic E-state index is -0.361. The van der Waals surface area contributed by atoms with Crippen LogP contribution in [-0.2, 0) is 0 Å². The quantitative estimate of drug-likeness (QED) is 0.882. The van der Waals surface area contributed by atoms with Gasteiger partial charge in [-0.15, -0.1) is 0 Å². The van der Waals surface area contributed by atoms with E-state index in [1.807, 2.05) is 55.5 Å². The van der Waals surface area contributed by atoms with Crippen LogP contribution in [-0.4, -0.2) is 12.2 Å². The summed E-state index contributed by atoms with van der Waals surface area (Å²) < 4.78 is 5.14. The first-order chi connectivity index (χ1) is 9.22. The number of rotatable bonds is 5. The van der Waals surface area contributed by atoms with Gasteiger partial charge < -0.3 is 9.84 Å². The zero-order chi connectivity index (χ0) is 13.7. The Bertz CT molecular complexity index is 505. The number of methoxy groups -OCH3 is 1. The molecule has 0 heterocycles. The van der Waals surface area contributed by atoms with Crippen molar-refractivity contribution in [1.29, 1.82) is 0 Å². The predicted molar refractivity (Wildman–Crippen MR) is 78.8 cm³/mol. The van der Waals surface area contributed by atoms with Crippen LogP contribution in [0.4, 0.5) is 0 Å². The van der Waals surface area contributed by atoms with Crippen LogP contribution in [0.2, 0.25) is 0 Å². The minimum absolute atomic E-state index is 0.361. The van der Waals surface area contributed by atoms with Crippen molar-refractivity contribution in [2.75, 3.05) is 7.11 Å². The molecule has 0 amide bonds. The van der Waals surface area contributed by atoms with Gasteiger partial charge in [-0.2, -0.15) is 0 Å². The van der Waals surface area contributed by atoms with Crippen LogP contribution in [0.3, 0.4) is 0 Å². The van der Waals surface area contributed by atoms with Crippen molar-refractivity contribution in [2.24, 2.45) is 0 Å². The van der Waals surface area contributed by atoms with Crippen molar-refractivity contribution in [2.45, 2.75) is 29.2 Å². The molecule has 100 valence electrons. The lowest BCUT2D eigenvalue weighted by atomic mass is 10.1. The molecule has 0 unspecified atom stereocenters. The van der Waals surface area contributed by atoms with E-state index in [1.54, 1.807) is 18.9 Å². The molecule has 0 fully saturated rings. The Morgan fingerprint density at radius 1 is 1.00 bits per heavy atom. The molecular weight excluding hydrogens is 256 g/mol. The lowest BCUT2D eigenvalue weighted by Gasteiger charge is -2.09. The maximum absolute atomic E-state index is 9.75. The van der Waals surface area contributed by atoms with Crippen molar-refractivity contribution in [3.63, 3.8) is 0 Å². The molecule has 0 saturated carbocycles. The summed E-state index contributed by atoms with van der Waals surface area (Å²) in [5, 5.41) is 9.75. The van der Waals surface area contributed by atoms with Gasteiger partial charge >= 0.3 is 0 Å². The van der Waals surface area contributed by atoms with E-state index < -0.39 is 0 Å². The number of aliphatic hydroxyl groups excluding tert-OH is 1. The smallest absolute Gasteiger partial charge is 0.118 e. The molecule has 0 spiro atoms. The Hall–Kier alpha value is -1.45. The summed E-state index contributed by atoms with van der Waals surface area (Å²) in [5.41, 5.74) is 0.974. The summed E-state index contributed by atoms with van der Waals surface area (Å²) in [4.78, 5) is 2.34. The number of ether oxygens (including phenoxy) is 1. The first-order valence-corrected chi connectivity index (χ1v) is 7.14. The van der Waals surface area contributed by atoms with Gasteiger partial charge in [0, 0.05) is 9.79 Å². The maximum Gasteiger partial charge on any atom is 0.118 e. The summed E-state index contributed by atoms with van der Waals surface area (Å²) >= 11 is 1.70. The van der Waals surface area contributed by atoms with Gasteiger partial charge in [0.1, 0.15) is 5.75 Å². The molecule has 0 aliphatic carbocycles. The number of hydrogen-bond acceptors (Lipinski definition) is 3. The SMILES string of the molecule is CC[C@@H](O)c1ccc(Sc2ccc(OC)cc2)cc1. The molecule has 0 aliphatic heterocycles. The van der Waals surface area contributed by atoms with Gasteiger partial charge in [0.05, 0.1) is 13.2 Å². The van der Waals surface area contributed by atoms with Crippen LogP contribution in [0, 0.1) is 0 Å². The average Bonchev–Trinajstić information content (AvgIpc) is 2.48. The predicted octanol–water partition coefficient (Wildman–Crippen LogP) is 4.29. The van der Waals surface area contributed by atoms with Crippen LogP contribution in [0.15, 0.2) is 58.3 Å². The third kappa shape index (κ3) is 3.75. The van der Waals surface area contributed by atoms with Crippen molar-refractivity contribution in [3.8, 4) is 5.75 Å². The fourth-order valence-corrected chi connectivity index (χ4v) is 2.59. The van der Waals surface area contributed by atoms with Crippen LogP contribution >= 0.6 is 11.8 Å². The fourth-order valence-electron chi connectivity index (χ4n) is 1.77. The molecule has 0 aromatic heterocycles. The molecular formula is C16H18O2S. The molecule has 0 radical (unpaired) electrons. The summed E-state index contributed by atoms with van der Waals surface area (Å²) in [6.07, 6.45) is 0.380. The number of hydrogen-bond donors (Lipinski definition) is 1. The molecule has 2 rings (SSSR count). The van der Waals surface area contributed by atoms with E-state index in [2.05, 4.69) is 0 Å². The Kier molecular flexibility index (Phi) is 4.88. The van der Waals surface area contributed by atoms with Crippen LogP contribution in [0.5, 0.6) is 5.75 Å². The lowest BCUT2D eigenvalue weighted by molar-refractivity contribution is 0.173. The van der Waals surface area contributed by atoms with Gasteiger partial charge in [0.25, 0.3) is 0 Å². The second kappa shape index (κ2) is 6.64. The van der Waals surface area contributed by atoms with Crippen LogP contribution in [0.25, 0.3) is 0 Å². The van der Waals surface area contributed by atoms with E-state index in [-0.39, 0.29) is 6.10 Å². The van der Waals surface area contributed by atoms with Crippen molar-refractivity contribution in [1.82, 2.24) is 0 Å². The zero-order valence-electron chi connectivity index (χ0n) is 11.2. The Morgan fingerprint density at radius 2 is 1.53 bits per heavy atom. The standard InChI is InChI=1S/C16H18O2S/c1-3-16(17)12-4-8-14(9-5-12)19-15-10-6-13(18-2)7-11-15/h4-11,16-17H,3H2,1-2H3/t16-/m1/s1. The fraction of sp³-hybridized carbons (Fsp3) is 0.250. The van der Waals surface area contributed by atoms with Gasteiger partial charge in [-0.3, -0.25) is 0 Å². The third-order valence-electron chi connectivity index (χ3n) is 2.95. The Morgan fingerprint density at radius 3 is 2.00 bits per heavy atom. The van der Waals surface area contributed by atoms with Crippen LogP contribution < -0.4 is 4.74 Å². The molecule has 19 heavy (non-hydrogen) atoms. The molecule has 0 aliphatic rings. The summed E-state index contributed by atoms with van der Waals surface area (Å²) in [6.45, 7) is 1.98. The van der Waals surface area contributed by atoms with Gasteiger partial charge in [0.2, 0.25) is 0 Å². The van der Waals surface area contributed by atoms with Gasteiger partial charge in [-0.25, -0.2) is 0 Å². The zero-order valence-corrected chi connectivity index (χ0v) is 12.0. The second-order valence-electron chi connectivity index (χ2n) is 4.27. The highest BCUT2D eigenvalue weighted by atomic mass is 32.2. The maximum atomic E-state index is 9.75. The molecule has 0 bridgehead atoms. The highest BCUT2D eigenvalue weighted by molar-refractivity contribution is 7.99. The van der Waals surface area contributed by atoms with E-state index in [4.69, 9.17) is 4.74 Å². The minimum Gasteiger partial charge on any atom is -0.497 e. The van der Waals surface area contributed by atoms with Gasteiger partial charge in [-0.05, 0) is 48.4 Å². The lowest BCUT2D eigenvalue weighted by Crippen LogP contribution is -1.93. The topological polar surface area (TPSA) is 29.5 Å². The Balaban J connectivity index is 2.06. The first-order valence-electron chi connectivity index (χ1n) is 6.33. The molecule has 1 N–H and O–H groups in total. The van der Waals surface area contributed by atoms with E-state index in [0.29, 0.717) is 0 Å². The molecule has 3 heteroatoms. The second-order valence-corrected chi connectivity index (χ2v) is 5.42. The van der Waals surface area contributed by atoms with Gasteiger partial charge in [-0.1, -0.05) is 30.8 Å². The number of aliphatic hydroxyl groups is 1. The highest BCUT2D eigenvalue weighted by Gasteiger charge is 2.04. The summed E-state index contributed by atoms with van der Waals surface area (Å²) in [7, 11) is 1.67. The van der Waals surface area contributed by atoms with E-state index >= 15 is 0 Å². The monoisotopic (exact) mass is 274 g/mol. The highest BCUT2D eigenvalue weighted by Crippen LogP contribution is 2.30. The van der Waals surface area contributed by atoms with Crippen LogP contribution in [0.1, 0.15) is 25.0 Å². The molecule has 2 nitrogen and oxygen atoms in total. The normalized spacial score (nSPS) is 12.2. The molecule has 2 aromatic carbocycles. The van der Waals surface area contributed by atoms with E-state index in [0.717, 1.165) is 22.6 Å². The largest absolute Gasteiger partial charge is 0.497 e. The third-order valence-corrected chi connectivity index (χ3v) is 3.96. The Labute approximate surface area is 118 Å². The van der Waals surface area contributed by atoms with E-state index in [1.165, 1.54) is 4.90 Å². The molecule has 1 atom stereocenters.